The van der Waals surface area contributed by atoms with Crippen molar-refractivity contribution in [3.63, 3.8) is 0 Å². The maximum atomic E-state index is 13.3. The smallest absolute Gasteiger partial charge is 0.224 e. The van der Waals surface area contributed by atoms with Gasteiger partial charge in [0.05, 0.1) is 5.92 Å². The van der Waals surface area contributed by atoms with Gasteiger partial charge in [0.25, 0.3) is 0 Å². The van der Waals surface area contributed by atoms with E-state index >= 15 is 0 Å². The highest BCUT2D eigenvalue weighted by molar-refractivity contribution is 5.78. The minimum Gasteiger partial charge on any atom is -0.352 e. The Morgan fingerprint density at radius 3 is 2.94 bits per heavy atom. The molecule has 1 aromatic rings. The lowest BCUT2D eigenvalue weighted by molar-refractivity contribution is -0.125. The fourth-order valence-electron chi connectivity index (χ4n) is 2.07. The number of amides is 1. The predicted molar refractivity (Wildman–Crippen MR) is 63.8 cm³/mol. The van der Waals surface area contributed by atoms with Gasteiger partial charge >= 0.3 is 0 Å². The van der Waals surface area contributed by atoms with Crippen LogP contribution in [-0.4, -0.2) is 19.0 Å². The third-order valence-electron chi connectivity index (χ3n) is 3.14. The van der Waals surface area contributed by atoms with Crippen LogP contribution in [-0.2, 0) is 11.3 Å². The second-order valence-electron chi connectivity index (χ2n) is 4.50. The van der Waals surface area contributed by atoms with Gasteiger partial charge in [-0.1, -0.05) is 6.07 Å². The summed E-state index contributed by atoms with van der Waals surface area (Å²) in [7, 11) is 0. The van der Waals surface area contributed by atoms with Crippen LogP contribution in [0, 0.1) is 17.6 Å². The van der Waals surface area contributed by atoms with E-state index in [1.54, 1.807) is 0 Å². The highest BCUT2D eigenvalue weighted by atomic mass is 19.1. The van der Waals surface area contributed by atoms with Crippen LogP contribution < -0.4 is 10.6 Å². The molecule has 0 spiro atoms. The first-order valence-corrected chi connectivity index (χ1v) is 6.09. The summed E-state index contributed by atoms with van der Waals surface area (Å²) in [5, 5.41) is 5.84. The van der Waals surface area contributed by atoms with Crippen LogP contribution in [0.1, 0.15) is 18.4 Å². The lowest BCUT2D eigenvalue weighted by Crippen LogP contribution is -2.40. The Kier molecular flexibility index (Phi) is 4.25. The minimum atomic E-state index is -0.628. The van der Waals surface area contributed by atoms with Crippen LogP contribution in [0.5, 0.6) is 0 Å². The van der Waals surface area contributed by atoms with Crippen molar-refractivity contribution in [2.75, 3.05) is 13.1 Å². The van der Waals surface area contributed by atoms with Crippen LogP contribution in [0.25, 0.3) is 0 Å². The molecule has 1 aliphatic heterocycles. The first kappa shape index (κ1) is 13.0. The van der Waals surface area contributed by atoms with Crippen molar-refractivity contribution >= 4 is 5.91 Å². The van der Waals surface area contributed by atoms with Crippen LogP contribution in [0.15, 0.2) is 18.2 Å². The third-order valence-corrected chi connectivity index (χ3v) is 3.14. The molecular weight excluding hydrogens is 238 g/mol. The Morgan fingerprint density at radius 1 is 1.44 bits per heavy atom. The van der Waals surface area contributed by atoms with Crippen molar-refractivity contribution < 1.29 is 13.6 Å². The Hall–Kier alpha value is -1.49. The summed E-state index contributed by atoms with van der Waals surface area (Å²) in [6, 6.07) is 3.36. The molecule has 1 atom stereocenters. The van der Waals surface area contributed by atoms with Crippen molar-refractivity contribution in [3.05, 3.63) is 35.4 Å². The first-order chi connectivity index (χ1) is 8.66. The maximum absolute atomic E-state index is 13.3. The van der Waals surface area contributed by atoms with E-state index in [4.69, 9.17) is 0 Å². The Balaban J connectivity index is 1.88. The van der Waals surface area contributed by atoms with Gasteiger partial charge in [-0.05, 0) is 25.5 Å². The van der Waals surface area contributed by atoms with Crippen LogP contribution in [0.2, 0.25) is 0 Å². The molecule has 1 aromatic carbocycles. The second kappa shape index (κ2) is 5.91. The van der Waals surface area contributed by atoms with E-state index in [9.17, 15) is 13.6 Å². The van der Waals surface area contributed by atoms with Crippen molar-refractivity contribution in [2.24, 2.45) is 5.92 Å². The molecule has 0 bridgehead atoms. The standard InChI is InChI=1S/C13H16F2N2O/c14-11-4-3-9(12(15)6-11)8-17-13(18)10-2-1-5-16-7-10/h3-4,6,10,16H,1-2,5,7-8H2,(H,17,18)/t10-/m1/s1. The zero-order valence-corrected chi connectivity index (χ0v) is 10.0. The number of nitrogens with one attached hydrogen (secondary N) is 2. The molecule has 3 nitrogen and oxygen atoms in total. The fourth-order valence-corrected chi connectivity index (χ4v) is 2.07. The second-order valence-corrected chi connectivity index (χ2v) is 4.50. The number of halogens is 2. The van der Waals surface area contributed by atoms with Gasteiger partial charge in [0.2, 0.25) is 5.91 Å². The molecule has 1 aliphatic rings. The van der Waals surface area contributed by atoms with Gasteiger partial charge in [0, 0.05) is 24.7 Å². The summed E-state index contributed by atoms with van der Waals surface area (Å²) in [6.07, 6.45) is 1.83. The number of benzene rings is 1. The largest absolute Gasteiger partial charge is 0.352 e. The number of hydrogen-bond donors (Lipinski definition) is 2. The molecule has 0 aromatic heterocycles. The average molecular weight is 254 g/mol. The summed E-state index contributed by atoms with van der Waals surface area (Å²) in [4.78, 5) is 11.8. The monoisotopic (exact) mass is 254 g/mol. The molecule has 1 amide bonds. The summed E-state index contributed by atoms with van der Waals surface area (Å²) >= 11 is 0. The number of rotatable bonds is 3. The van der Waals surface area contributed by atoms with Gasteiger partial charge in [-0.15, -0.1) is 0 Å². The molecule has 18 heavy (non-hydrogen) atoms. The van der Waals surface area contributed by atoms with Crippen LogP contribution in [0.4, 0.5) is 8.78 Å². The van der Waals surface area contributed by atoms with E-state index in [2.05, 4.69) is 10.6 Å². The molecule has 98 valence electrons. The highest BCUT2D eigenvalue weighted by Gasteiger charge is 2.20. The van der Waals surface area contributed by atoms with Crippen LogP contribution in [0.3, 0.4) is 0 Å². The molecule has 2 rings (SSSR count). The van der Waals surface area contributed by atoms with Gasteiger partial charge in [0.1, 0.15) is 11.6 Å². The molecule has 1 heterocycles. The molecule has 5 heteroatoms. The number of piperidine rings is 1. The van der Waals surface area contributed by atoms with Crippen molar-refractivity contribution in [2.45, 2.75) is 19.4 Å². The van der Waals surface area contributed by atoms with E-state index in [-0.39, 0.29) is 18.4 Å². The summed E-state index contributed by atoms with van der Waals surface area (Å²) < 4.78 is 26.0. The molecule has 1 saturated heterocycles. The topological polar surface area (TPSA) is 41.1 Å². The zero-order chi connectivity index (χ0) is 13.0. The summed E-state index contributed by atoms with van der Waals surface area (Å²) in [6.45, 7) is 1.70. The van der Waals surface area contributed by atoms with Crippen molar-refractivity contribution in [3.8, 4) is 0 Å². The number of carbonyl (C=O) groups is 1. The van der Waals surface area contributed by atoms with E-state index in [1.807, 2.05) is 0 Å². The number of carbonyl (C=O) groups excluding carboxylic acids is 1. The lowest BCUT2D eigenvalue weighted by Gasteiger charge is -2.21. The zero-order valence-electron chi connectivity index (χ0n) is 10.0. The third kappa shape index (κ3) is 3.26. The van der Waals surface area contributed by atoms with Crippen LogP contribution >= 0.6 is 0 Å². The van der Waals surface area contributed by atoms with Crippen molar-refractivity contribution in [1.82, 2.24) is 10.6 Å². The van der Waals surface area contributed by atoms with Gasteiger partial charge in [0.15, 0.2) is 0 Å². The molecule has 0 saturated carbocycles. The predicted octanol–water partition coefficient (Wildman–Crippen LogP) is 1.58. The van der Waals surface area contributed by atoms with Gasteiger partial charge < -0.3 is 10.6 Å². The van der Waals surface area contributed by atoms with E-state index in [0.717, 1.165) is 25.5 Å². The van der Waals surface area contributed by atoms with Crippen molar-refractivity contribution in [1.29, 1.82) is 0 Å². The minimum absolute atomic E-state index is 0.0535. The fraction of sp³-hybridized carbons (Fsp3) is 0.462. The number of hydrogen-bond acceptors (Lipinski definition) is 2. The maximum Gasteiger partial charge on any atom is 0.224 e. The average Bonchev–Trinajstić information content (AvgIpc) is 2.38. The first-order valence-electron chi connectivity index (χ1n) is 6.09. The quantitative estimate of drug-likeness (QED) is 0.860. The molecule has 0 unspecified atom stereocenters. The van der Waals surface area contributed by atoms with Gasteiger partial charge in [-0.2, -0.15) is 0 Å². The summed E-state index contributed by atoms with van der Waals surface area (Å²) in [5.41, 5.74) is 0.300. The Bertz CT molecular complexity index is 431. The molecule has 1 fully saturated rings. The lowest BCUT2D eigenvalue weighted by atomic mass is 9.99. The summed E-state index contributed by atoms with van der Waals surface area (Å²) in [5.74, 6) is -1.37. The molecule has 2 N–H and O–H groups in total. The highest BCUT2D eigenvalue weighted by Crippen LogP contribution is 2.12. The molecule has 0 radical (unpaired) electrons. The van der Waals surface area contributed by atoms with E-state index in [1.165, 1.54) is 12.1 Å². The normalized spacial score (nSPS) is 19.6. The Labute approximate surface area is 105 Å². The van der Waals surface area contributed by atoms with E-state index < -0.39 is 11.6 Å². The SMILES string of the molecule is O=C(NCc1ccc(F)cc1F)[C@@H]1CCCNC1. The van der Waals surface area contributed by atoms with Gasteiger partial charge in [-0.3, -0.25) is 4.79 Å². The Morgan fingerprint density at radius 2 is 2.28 bits per heavy atom. The van der Waals surface area contributed by atoms with Gasteiger partial charge in [-0.25, -0.2) is 8.78 Å². The van der Waals surface area contributed by atoms with E-state index in [0.29, 0.717) is 12.1 Å². The molecule has 0 aliphatic carbocycles. The molecular formula is C13H16F2N2O.